The normalized spacial score (nSPS) is 14.6. The molecule has 5 heteroatoms. The van der Waals surface area contributed by atoms with Crippen LogP contribution in [-0.2, 0) is 4.79 Å². The number of aliphatic carboxylic acids is 1. The van der Waals surface area contributed by atoms with E-state index in [0.717, 1.165) is 0 Å². The van der Waals surface area contributed by atoms with Gasteiger partial charge in [-0.05, 0) is 17.7 Å². The van der Waals surface area contributed by atoms with Crippen LogP contribution in [0.3, 0.4) is 0 Å². The SMILES string of the molecule is NC(CC(F)c1ccc(Cl)cc1)C(=O)O. The van der Waals surface area contributed by atoms with Crippen LogP contribution in [0.5, 0.6) is 0 Å². The summed E-state index contributed by atoms with van der Waals surface area (Å²) < 4.78 is 13.5. The van der Waals surface area contributed by atoms with Crippen LogP contribution in [0.25, 0.3) is 0 Å². The molecule has 15 heavy (non-hydrogen) atoms. The number of alkyl halides is 1. The first kappa shape index (κ1) is 11.9. The lowest BCUT2D eigenvalue weighted by molar-refractivity contribution is -0.139. The van der Waals surface area contributed by atoms with E-state index in [1.807, 2.05) is 0 Å². The molecule has 0 heterocycles. The Bertz CT molecular complexity index is 342. The molecule has 0 aliphatic carbocycles. The van der Waals surface area contributed by atoms with Gasteiger partial charge in [0.15, 0.2) is 0 Å². The smallest absolute Gasteiger partial charge is 0.320 e. The van der Waals surface area contributed by atoms with Gasteiger partial charge in [0.2, 0.25) is 0 Å². The zero-order valence-electron chi connectivity index (χ0n) is 7.86. The van der Waals surface area contributed by atoms with Gasteiger partial charge in [0.25, 0.3) is 0 Å². The van der Waals surface area contributed by atoms with Gasteiger partial charge >= 0.3 is 5.97 Å². The molecule has 3 nitrogen and oxygen atoms in total. The van der Waals surface area contributed by atoms with Crippen molar-refractivity contribution in [1.82, 2.24) is 0 Å². The molecule has 0 aliphatic heterocycles. The molecule has 0 bridgehead atoms. The molecule has 0 spiro atoms. The Balaban J connectivity index is 2.64. The Morgan fingerprint density at radius 3 is 2.47 bits per heavy atom. The molecule has 1 aromatic rings. The summed E-state index contributed by atoms with van der Waals surface area (Å²) in [4.78, 5) is 10.4. The summed E-state index contributed by atoms with van der Waals surface area (Å²) in [5.74, 6) is -1.20. The second-order valence-corrected chi connectivity index (χ2v) is 3.64. The van der Waals surface area contributed by atoms with Gasteiger partial charge in [-0.15, -0.1) is 0 Å². The Morgan fingerprint density at radius 2 is 2.00 bits per heavy atom. The monoisotopic (exact) mass is 231 g/mol. The molecule has 0 saturated carbocycles. The zero-order chi connectivity index (χ0) is 11.4. The summed E-state index contributed by atoms with van der Waals surface area (Å²) in [5, 5.41) is 9.02. The van der Waals surface area contributed by atoms with Crippen molar-refractivity contribution in [3.05, 3.63) is 34.9 Å². The predicted molar refractivity (Wildman–Crippen MR) is 55.5 cm³/mol. The summed E-state index contributed by atoms with van der Waals surface area (Å²) in [6, 6.07) is 4.95. The van der Waals surface area contributed by atoms with Crippen molar-refractivity contribution in [3.63, 3.8) is 0 Å². The van der Waals surface area contributed by atoms with E-state index in [0.29, 0.717) is 10.6 Å². The lowest BCUT2D eigenvalue weighted by Gasteiger charge is -2.11. The van der Waals surface area contributed by atoms with E-state index in [4.69, 9.17) is 22.4 Å². The van der Waals surface area contributed by atoms with Crippen LogP contribution in [0, 0.1) is 0 Å². The second-order valence-electron chi connectivity index (χ2n) is 3.20. The Labute approximate surface area is 91.7 Å². The van der Waals surface area contributed by atoms with E-state index in [9.17, 15) is 9.18 Å². The first-order valence-electron chi connectivity index (χ1n) is 4.38. The van der Waals surface area contributed by atoms with Crippen molar-refractivity contribution in [1.29, 1.82) is 0 Å². The van der Waals surface area contributed by atoms with E-state index in [2.05, 4.69) is 0 Å². The molecule has 0 amide bonds. The van der Waals surface area contributed by atoms with E-state index in [1.54, 1.807) is 12.1 Å². The first-order valence-corrected chi connectivity index (χ1v) is 4.76. The summed E-state index contributed by atoms with van der Waals surface area (Å²) in [5.41, 5.74) is 5.60. The van der Waals surface area contributed by atoms with Crippen LogP contribution in [0.1, 0.15) is 18.2 Å². The van der Waals surface area contributed by atoms with E-state index >= 15 is 0 Å². The Kier molecular flexibility index (Phi) is 4.05. The second kappa shape index (κ2) is 5.09. The van der Waals surface area contributed by atoms with Crippen LogP contribution in [0.4, 0.5) is 4.39 Å². The average Bonchev–Trinajstić information content (AvgIpc) is 2.18. The van der Waals surface area contributed by atoms with E-state index in [-0.39, 0.29) is 6.42 Å². The highest BCUT2D eigenvalue weighted by Gasteiger charge is 2.19. The zero-order valence-corrected chi connectivity index (χ0v) is 8.62. The van der Waals surface area contributed by atoms with Gasteiger partial charge in [-0.3, -0.25) is 4.79 Å². The fourth-order valence-corrected chi connectivity index (χ4v) is 1.26. The summed E-state index contributed by atoms with van der Waals surface area (Å²) in [7, 11) is 0. The Hall–Kier alpha value is -1.13. The molecule has 2 atom stereocenters. The highest BCUT2D eigenvalue weighted by Crippen LogP contribution is 2.23. The van der Waals surface area contributed by atoms with Gasteiger partial charge in [0, 0.05) is 11.4 Å². The number of hydrogen-bond donors (Lipinski definition) is 2. The molecule has 3 N–H and O–H groups in total. The standard InChI is InChI=1S/C10H11ClFNO2/c11-7-3-1-6(2-4-7)8(12)5-9(13)10(14)15/h1-4,8-9H,5,13H2,(H,14,15). The van der Waals surface area contributed by atoms with Crippen molar-refractivity contribution < 1.29 is 14.3 Å². The molecule has 1 aromatic carbocycles. The summed E-state index contributed by atoms with van der Waals surface area (Å²) >= 11 is 5.63. The maximum absolute atomic E-state index is 13.5. The molecule has 0 aliphatic rings. The van der Waals surface area contributed by atoms with Crippen molar-refractivity contribution >= 4 is 17.6 Å². The number of hydrogen-bond acceptors (Lipinski definition) is 2. The van der Waals surface area contributed by atoms with Gasteiger partial charge in [-0.2, -0.15) is 0 Å². The molecule has 0 fully saturated rings. The van der Waals surface area contributed by atoms with Crippen LogP contribution in [0.15, 0.2) is 24.3 Å². The molecule has 2 unspecified atom stereocenters. The predicted octanol–water partition coefficient (Wildman–Crippen LogP) is 2.15. The number of halogens is 2. The lowest BCUT2D eigenvalue weighted by atomic mass is 10.0. The molecule has 0 aromatic heterocycles. The third kappa shape index (κ3) is 3.49. The van der Waals surface area contributed by atoms with E-state index in [1.165, 1.54) is 12.1 Å². The minimum atomic E-state index is -1.38. The van der Waals surface area contributed by atoms with Crippen molar-refractivity contribution in [3.8, 4) is 0 Å². The Morgan fingerprint density at radius 1 is 1.47 bits per heavy atom. The number of carbonyl (C=O) groups is 1. The summed E-state index contributed by atoms with van der Waals surface area (Å²) in [6.07, 6.45) is -1.62. The highest BCUT2D eigenvalue weighted by atomic mass is 35.5. The lowest BCUT2D eigenvalue weighted by Crippen LogP contribution is -2.31. The van der Waals surface area contributed by atoms with Gasteiger partial charge in [0.1, 0.15) is 12.2 Å². The fourth-order valence-electron chi connectivity index (χ4n) is 1.13. The number of benzene rings is 1. The van der Waals surface area contributed by atoms with Crippen molar-refractivity contribution in [2.24, 2.45) is 5.73 Å². The van der Waals surface area contributed by atoms with Crippen LogP contribution < -0.4 is 5.73 Å². The number of nitrogens with two attached hydrogens (primary N) is 1. The van der Waals surface area contributed by atoms with E-state index < -0.39 is 18.2 Å². The highest BCUT2D eigenvalue weighted by molar-refractivity contribution is 6.30. The molecular weight excluding hydrogens is 221 g/mol. The van der Waals surface area contributed by atoms with Gasteiger partial charge in [0.05, 0.1) is 0 Å². The van der Waals surface area contributed by atoms with Crippen molar-refractivity contribution in [2.75, 3.05) is 0 Å². The van der Waals surface area contributed by atoms with Crippen LogP contribution in [0.2, 0.25) is 5.02 Å². The van der Waals surface area contributed by atoms with Crippen molar-refractivity contribution in [2.45, 2.75) is 18.6 Å². The minimum absolute atomic E-state index is 0.239. The quantitative estimate of drug-likeness (QED) is 0.835. The molecule has 1 rings (SSSR count). The third-order valence-electron chi connectivity index (χ3n) is 2.01. The first-order chi connectivity index (χ1) is 7.00. The third-order valence-corrected chi connectivity index (χ3v) is 2.26. The van der Waals surface area contributed by atoms with Crippen LogP contribution in [-0.4, -0.2) is 17.1 Å². The maximum Gasteiger partial charge on any atom is 0.320 e. The molecule has 0 saturated heterocycles. The molecule has 82 valence electrons. The maximum atomic E-state index is 13.5. The van der Waals surface area contributed by atoms with Gasteiger partial charge < -0.3 is 10.8 Å². The van der Waals surface area contributed by atoms with Crippen LogP contribution >= 0.6 is 11.6 Å². The largest absolute Gasteiger partial charge is 0.480 e. The number of rotatable bonds is 4. The van der Waals surface area contributed by atoms with Gasteiger partial charge in [-0.1, -0.05) is 23.7 Å². The topological polar surface area (TPSA) is 63.3 Å². The minimum Gasteiger partial charge on any atom is -0.480 e. The fraction of sp³-hybridized carbons (Fsp3) is 0.300. The molecule has 0 radical (unpaired) electrons. The molecular formula is C10H11ClFNO2. The average molecular weight is 232 g/mol. The number of carboxylic acid groups (broad SMARTS) is 1. The van der Waals surface area contributed by atoms with Gasteiger partial charge in [-0.25, -0.2) is 4.39 Å². The number of carboxylic acids is 1. The summed E-state index contributed by atoms with van der Waals surface area (Å²) in [6.45, 7) is 0.